The Morgan fingerprint density at radius 3 is 3.00 bits per heavy atom. The van der Waals surface area contributed by atoms with Gasteiger partial charge in [0.1, 0.15) is 5.70 Å². The minimum absolute atomic E-state index is 0.254. The van der Waals surface area contributed by atoms with E-state index >= 15 is 0 Å². The minimum atomic E-state index is -0.911. The van der Waals surface area contributed by atoms with Crippen molar-refractivity contribution in [3.63, 3.8) is 0 Å². The number of hydrogen-bond acceptors (Lipinski definition) is 3. The molecule has 3 unspecified atom stereocenters. The molecular formula is C14H22N2O2. The molecule has 0 radical (unpaired) electrons. The largest absolute Gasteiger partial charge is 0.477 e. The van der Waals surface area contributed by atoms with Crippen LogP contribution < -0.4 is 5.43 Å². The van der Waals surface area contributed by atoms with Crippen LogP contribution in [0.1, 0.15) is 46.0 Å². The average Bonchev–Trinajstić information content (AvgIpc) is 2.92. The summed E-state index contributed by atoms with van der Waals surface area (Å²) in [4.78, 5) is 11.0. The highest BCUT2D eigenvalue weighted by Crippen LogP contribution is 2.52. The van der Waals surface area contributed by atoms with Gasteiger partial charge in [0.05, 0.1) is 0 Å². The van der Waals surface area contributed by atoms with Gasteiger partial charge in [-0.3, -0.25) is 5.43 Å². The predicted octanol–water partition coefficient (Wildman–Crippen LogP) is 2.77. The fourth-order valence-electron chi connectivity index (χ4n) is 2.99. The summed E-state index contributed by atoms with van der Waals surface area (Å²) in [6.07, 6.45) is 7.88. The standard InChI is InChI=1S/C14H22N2O2/c1-3-4-5-6-10-11-7-9(2)13(14(17)18)16-15-8-12(10)11/h8,10-12,16H,3-7H2,1-2H3,(H,17,18)/b13-9+,15-8+. The molecule has 0 spiro atoms. The van der Waals surface area contributed by atoms with Gasteiger partial charge in [0.25, 0.3) is 0 Å². The Bertz CT molecular complexity index is 387. The van der Waals surface area contributed by atoms with Crippen molar-refractivity contribution in [3.8, 4) is 0 Å². The zero-order valence-corrected chi connectivity index (χ0v) is 11.1. The average molecular weight is 250 g/mol. The molecule has 4 nitrogen and oxygen atoms in total. The molecule has 0 aromatic carbocycles. The molecular weight excluding hydrogens is 228 g/mol. The molecule has 0 bridgehead atoms. The Balaban J connectivity index is 1.97. The summed E-state index contributed by atoms with van der Waals surface area (Å²) >= 11 is 0. The van der Waals surface area contributed by atoms with Crippen LogP contribution >= 0.6 is 0 Å². The lowest BCUT2D eigenvalue weighted by Gasteiger charge is -2.09. The van der Waals surface area contributed by atoms with Crippen LogP contribution in [0.15, 0.2) is 16.4 Å². The summed E-state index contributed by atoms with van der Waals surface area (Å²) in [5.41, 5.74) is 3.84. The number of allylic oxidation sites excluding steroid dienone is 1. The Hall–Kier alpha value is -1.32. The van der Waals surface area contributed by atoms with Crippen LogP contribution in [0.4, 0.5) is 0 Å². The van der Waals surface area contributed by atoms with Crippen molar-refractivity contribution in [2.24, 2.45) is 22.9 Å². The molecule has 0 aromatic rings. The van der Waals surface area contributed by atoms with E-state index in [1.54, 1.807) is 0 Å². The van der Waals surface area contributed by atoms with Crippen LogP contribution in [-0.2, 0) is 4.79 Å². The summed E-state index contributed by atoms with van der Waals surface area (Å²) in [6, 6.07) is 0. The van der Waals surface area contributed by atoms with Crippen molar-refractivity contribution in [1.82, 2.24) is 5.43 Å². The SMILES string of the molecule is CCCCCC1C2/C=N/N/C(C(=O)O)=C(\C)CC21. The molecule has 2 aliphatic rings. The van der Waals surface area contributed by atoms with Crippen molar-refractivity contribution < 1.29 is 9.90 Å². The second-order valence-corrected chi connectivity index (χ2v) is 5.46. The first-order valence-electron chi connectivity index (χ1n) is 6.87. The molecule has 1 heterocycles. The van der Waals surface area contributed by atoms with Crippen molar-refractivity contribution in [3.05, 3.63) is 11.3 Å². The van der Waals surface area contributed by atoms with E-state index < -0.39 is 5.97 Å². The lowest BCUT2D eigenvalue weighted by Crippen LogP contribution is -2.18. The quantitative estimate of drug-likeness (QED) is 0.737. The number of carbonyl (C=O) groups is 1. The van der Waals surface area contributed by atoms with Gasteiger partial charge in [0.15, 0.2) is 0 Å². The number of carboxylic acids is 1. The molecule has 2 N–H and O–H groups in total. The minimum Gasteiger partial charge on any atom is -0.477 e. The van der Waals surface area contributed by atoms with E-state index in [9.17, 15) is 4.79 Å². The smallest absolute Gasteiger partial charge is 0.353 e. The van der Waals surface area contributed by atoms with Crippen LogP contribution in [0.2, 0.25) is 0 Å². The number of nitrogens with one attached hydrogen (secondary N) is 1. The van der Waals surface area contributed by atoms with Gasteiger partial charge in [-0.25, -0.2) is 4.79 Å². The number of fused-ring (bicyclic) bond motifs is 1. The van der Waals surface area contributed by atoms with Crippen LogP contribution in [-0.4, -0.2) is 17.3 Å². The molecule has 0 saturated heterocycles. The van der Waals surface area contributed by atoms with Crippen LogP contribution in [0, 0.1) is 17.8 Å². The predicted molar refractivity (Wildman–Crippen MR) is 71.2 cm³/mol. The third kappa shape index (κ3) is 2.74. The number of hydrogen-bond donors (Lipinski definition) is 2. The van der Waals surface area contributed by atoms with Crippen LogP contribution in [0.25, 0.3) is 0 Å². The van der Waals surface area contributed by atoms with E-state index in [0.29, 0.717) is 17.8 Å². The lowest BCUT2D eigenvalue weighted by atomic mass is 10.0. The summed E-state index contributed by atoms with van der Waals surface area (Å²) in [5.74, 6) is 0.971. The first-order valence-corrected chi connectivity index (χ1v) is 6.87. The maximum atomic E-state index is 11.0. The Morgan fingerprint density at radius 2 is 2.33 bits per heavy atom. The van der Waals surface area contributed by atoms with Gasteiger partial charge in [0.2, 0.25) is 0 Å². The molecule has 1 aliphatic heterocycles. The van der Waals surface area contributed by atoms with E-state index in [1.165, 1.54) is 25.7 Å². The lowest BCUT2D eigenvalue weighted by molar-refractivity contribution is -0.133. The molecule has 1 saturated carbocycles. The maximum absolute atomic E-state index is 11.0. The van der Waals surface area contributed by atoms with Gasteiger partial charge < -0.3 is 5.11 Å². The first kappa shape index (κ1) is 13.1. The van der Waals surface area contributed by atoms with Gasteiger partial charge >= 0.3 is 5.97 Å². The van der Waals surface area contributed by atoms with E-state index in [-0.39, 0.29) is 5.70 Å². The van der Waals surface area contributed by atoms with E-state index in [0.717, 1.165) is 12.0 Å². The fraction of sp³-hybridized carbons (Fsp3) is 0.714. The maximum Gasteiger partial charge on any atom is 0.353 e. The first-order chi connectivity index (χ1) is 8.65. The number of hydrazone groups is 1. The highest BCUT2D eigenvalue weighted by molar-refractivity contribution is 5.87. The molecule has 2 rings (SSSR count). The van der Waals surface area contributed by atoms with Gasteiger partial charge in [-0.1, -0.05) is 26.2 Å². The second kappa shape index (κ2) is 5.55. The number of unbranched alkanes of at least 4 members (excludes halogenated alkanes) is 2. The number of carboxylic acid groups (broad SMARTS) is 1. The third-order valence-electron chi connectivity index (χ3n) is 4.14. The van der Waals surface area contributed by atoms with Gasteiger partial charge in [-0.05, 0) is 37.2 Å². The van der Waals surface area contributed by atoms with Crippen molar-refractivity contribution in [2.75, 3.05) is 0 Å². The van der Waals surface area contributed by atoms with E-state index in [2.05, 4.69) is 17.5 Å². The molecule has 0 aromatic heterocycles. The zero-order valence-electron chi connectivity index (χ0n) is 11.1. The highest BCUT2D eigenvalue weighted by atomic mass is 16.4. The fourth-order valence-corrected chi connectivity index (χ4v) is 2.99. The van der Waals surface area contributed by atoms with Gasteiger partial charge in [-0.15, -0.1) is 0 Å². The number of nitrogens with zero attached hydrogens (tertiary/aromatic N) is 1. The summed E-state index contributed by atoms with van der Waals surface area (Å²) in [7, 11) is 0. The van der Waals surface area contributed by atoms with Crippen LogP contribution in [0.5, 0.6) is 0 Å². The molecule has 3 atom stereocenters. The third-order valence-corrected chi connectivity index (χ3v) is 4.14. The number of aliphatic carboxylic acids is 1. The van der Waals surface area contributed by atoms with Gasteiger partial charge in [-0.2, -0.15) is 5.10 Å². The van der Waals surface area contributed by atoms with Crippen molar-refractivity contribution in [1.29, 1.82) is 0 Å². The second-order valence-electron chi connectivity index (χ2n) is 5.46. The zero-order chi connectivity index (χ0) is 13.1. The normalized spacial score (nSPS) is 36.0. The molecule has 1 fully saturated rings. The van der Waals surface area contributed by atoms with Crippen molar-refractivity contribution in [2.45, 2.75) is 46.0 Å². The Kier molecular flexibility index (Phi) is 4.04. The van der Waals surface area contributed by atoms with Gasteiger partial charge in [0, 0.05) is 12.1 Å². The summed E-state index contributed by atoms with van der Waals surface area (Å²) in [5, 5.41) is 13.1. The molecule has 100 valence electrons. The summed E-state index contributed by atoms with van der Waals surface area (Å²) in [6.45, 7) is 4.11. The highest BCUT2D eigenvalue weighted by Gasteiger charge is 2.48. The van der Waals surface area contributed by atoms with Crippen LogP contribution in [0.3, 0.4) is 0 Å². The summed E-state index contributed by atoms with van der Waals surface area (Å²) < 4.78 is 0. The molecule has 18 heavy (non-hydrogen) atoms. The molecule has 0 amide bonds. The van der Waals surface area contributed by atoms with E-state index in [1.807, 2.05) is 13.1 Å². The Morgan fingerprint density at radius 1 is 1.56 bits per heavy atom. The topological polar surface area (TPSA) is 61.7 Å². The molecule has 1 aliphatic carbocycles. The van der Waals surface area contributed by atoms with Crippen molar-refractivity contribution >= 4 is 12.2 Å². The Labute approximate surface area is 108 Å². The molecule has 4 heteroatoms. The monoisotopic (exact) mass is 250 g/mol. The number of rotatable bonds is 5. The van der Waals surface area contributed by atoms with E-state index in [4.69, 9.17) is 5.11 Å².